The van der Waals surface area contributed by atoms with E-state index in [1.807, 2.05) is 0 Å². The smallest absolute Gasteiger partial charge is 0.244 e. The molecular weight excluding hydrogens is 365 g/mol. The third kappa shape index (κ3) is 5.88. The summed E-state index contributed by atoms with van der Waals surface area (Å²) in [5.41, 5.74) is 0.333. The van der Waals surface area contributed by atoms with Gasteiger partial charge in [-0.2, -0.15) is 0 Å². The number of anilines is 2. The van der Waals surface area contributed by atoms with Crippen LogP contribution in [0.3, 0.4) is 0 Å². The number of carbonyl (C=O) groups excluding carboxylic acids is 2. The quantitative estimate of drug-likeness (QED) is 0.769. The molecule has 2 amide bonds. The van der Waals surface area contributed by atoms with Crippen LogP contribution in [0.4, 0.5) is 11.6 Å². The molecular formula is C16H17Cl2N5O2. The number of para-hydroxylation sites is 1. The van der Waals surface area contributed by atoms with Gasteiger partial charge in [-0.25, -0.2) is 9.97 Å². The van der Waals surface area contributed by atoms with Gasteiger partial charge in [0, 0.05) is 32.4 Å². The third-order valence-corrected chi connectivity index (χ3v) is 3.85. The molecule has 2 rings (SSSR count). The van der Waals surface area contributed by atoms with Crippen LogP contribution in [0.5, 0.6) is 0 Å². The molecule has 7 nitrogen and oxygen atoms in total. The molecule has 0 spiro atoms. The highest BCUT2D eigenvalue weighted by atomic mass is 35.5. The van der Waals surface area contributed by atoms with Gasteiger partial charge in [0.2, 0.25) is 17.8 Å². The minimum atomic E-state index is -0.384. The summed E-state index contributed by atoms with van der Waals surface area (Å²) in [6.45, 7) is 0.257. The maximum absolute atomic E-state index is 12.1. The van der Waals surface area contributed by atoms with Crippen molar-refractivity contribution in [2.45, 2.75) is 6.42 Å². The molecule has 0 aliphatic heterocycles. The summed E-state index contributed by atoms with van der Waals surface area (Å²) in [7, 11) is 1.55. The zero-order valence-corrected chi connectivity index (χ0v) is 15.0. The van der Waals surface area contributed by atoms with Gasteiger partial charge in [0.1, 0.15) is 0 Å². The molecule has 25 heavy (non-hydrogen) atoms. The predicted octanol–water partition coefficient (Wildman–Crippen LogP) is 2.68. The molecule has 1 aromatic heterocycles. The lowest BCUT2D eigenvalue weighted by Crippen LogP contribution is -2.35. The summed E-state index contributed by atoms with van der Waals surface area (Å²) in [6.07, 6.45) is 3.41. The second-order valence-corrected chi connectivity index (χ2v) is 5.96. The van der Waals surface area contributed by atoms with Gasteiger partial charge in [-0.05, 0) is 18.2 Å². The van der Waals surface area contributed by atoms with Gasteiger partial charge >= 0.3 is 0 Å². The van der Waals surface area contributed by atoms with Gasteiger partial charge in [0.05, 0.1) is 22.3 Å². The van der Waals surface area contributed by atoms with E-state index in [4.69, 9.17) is 23.2 Å². The highest BCUT2D eigenvalue weighted by Gasteiger charge is 2.15. The fraction of sp³-hybridized carbons (Fsp3) is 0.250. The van der Waals surface area contributed by atoms with Gasteiger partial charge in [-0.3, -0.25) is 9.59 Å². The molecule has 0 bridgehead atoms. The van der Waals surface area contributed by atoms with Crippen molar-refractivity contribution in [3.8, 4) is 0 Å². The Kier molecular flexibility index (Phi) is 6.97. The first kappa shape index (κ1) is 19.0. The SMILES string of the molecule is CN(CC(=O)Nc1c(Cl)cccc1Cl)C(=O)CCNc1ncccn1. The first-order chi connectivity index (χ1) is 12.0. The molecule has 2 N–H and O–H groups in total. The van der Waals surface area contributed by atoms with Crippen molar-refractivity contribution in [2.24, 2.45) is 0 Å². The number of benzene rings is 1. The molecule has 0 atom stereocenters. The molecule has 2 aromatic rings. The number of nitrogens with one attached hydrogen (secondary N) is 2. The Hall–Kier alpha value is -2.38. The number of likely N-dealkylation sites (N-methyl/N-ethyl adjacent to an activating group) is 1. The van der Waals surface area contributed by atoms with Gasteiger partial charge in [0.25, 0.3) is 0 Å². The summed E-state index contributed by atoms with van der Waals surface area (Å²) in [4.78, 5) is 33.5. The largest absolute Gasteiger partial charge is 0.354 e. The van der Waals surface area contributed by atoms with Crippen LogP contribution in [-0.4, -0.2) is 46.8 Å². The Balaban J connectivity index is 1.79. The fourth-order valence-corrected chi connectivity index (χ4v) is 2.45. The van der Waals surface area contributed by atoms with E-state index in [0.717, 1.165) is 0 Å². The zero-order chi connectivity index (χ0) is 18.2. The zero-order valence-electron chi connectivity index (χ0n) is 13.5. The van der Waals surface area contributed by atoms with Crippen molar-refractivity contribution in [3.63, 3.8) is 0 Å². The predicted molar refractivity (Wildman–Crippen MR) is 97.9 cm³/mol. The van der Waals surface area contributed by atoms with Crippen LogP contribution in [-0.2, 0) is 9.59 Å². The lowest BCUT2D eigenvalue weighted by molar-refractivity contribution is -0.133. The number of nitrogens with zero attached hydrogens (tertiary/aromatic N) is 3. The summed E-state index contributed by atoms with van der Waals surface area (Å²) < 4.78 is 0. The fourth-order valence-electron chi connectivity index (χ4n) is 1.96. The molecule has 1 heterocycles. The Morgan fingerprint density at radius 1 is 1.12 bits per heavy atom. The second kappa shape index (κ2) is 9.19. The number of amides is 2. The minimum absolute atomic E-state index is 0.109. The summed E-state index contributed by atoms with van der Waals surface area (Å²) >= 11 is 12.0. The van der Waals surface area contributed by atoms with Crippen molar-refractivity contribution < 1.29 is 9.59 Å². The highest BCUT2D eigenvalue weighted by molar-refractivity contribution is 6.39. The van der Waals surface area contributed by atoms with E-state index in [2.05, 4.69) is 20.6 Å². The van der Waals surface area contributed by atoms with Crippen LogP contribution in [0.25, 0.3) is 0 Å². The third-order valence-electron chi connectivity index (χ3n) is 3.22. The van der Waals surface area contributed by atoms with Crippen molar-refractivity contribution in [1.29, 1.82) is 0 Å². The van der Waals surface area contributed by atoms with Crippen LogP contribution in [0.15, 0.2) is 36.7 Å². The van der Waals surface area contributed by atoms with E-state index >= 15 is 0 Å². The number of hydrogen-bond acceptors (Lipinski definition) is 5. The number of halogens is 2. The monoisotopic (exact) mass is 381 g/mol. The van der Waals surface area contributed by atoms with Gasteiger partial charge in [-0.15, -0.1) is 0 Å². The number of hydrogen-bond donors (Lipinski definition) is 2. The Bertz CT molecular complexity index is 722. The molecule has 0 saturated carbocycles. The Morgan fingerprint density at radius 2 is 1.76 bits per heavy atom. The molecule has 0 saturated heterocycles. The maximum atomic E-state index is 12.1. The maximum Gasteiger partial charge on any atom is 0.244 e. The lowest BCUT2D eigenvalue weighted by atomic mass is 10.3. The summed E-state index contributed by atoms with van der Waals surface area (Å²) in [5, 5.41) is 6.22. The van der Waals surface area contributed by atoms with Crippen molar-refractivity contribution in [1.82, 2.24) is 14.9 Å². The molecule has 0 radical (unpaired) electrons. The van der Waals surface area contributed by atoms with Gasteiger partial charge in [0.15, 0.2) is 0 Å². The second-order valence-electron chi connectivity index (χ2n) is 5.14. The van der Waals surface area contributed by atoms with Crippen LogP contribution in [0.1, 0.15) is 6.42 Å². The van der Waals surface area contributed by atoms with Crippen LogP contribution in [0.2, 0.25) is 10.0 Å². The number of carbonyl (C=O) groups is 2. The van der Waals surface area contributed by atoms with Gasteiger partial charge < -0.3 is 15.5 Å². The van der Waals surface area contributed by atoms with E-state index in [1.165, 1.54) is 4.90 Å². The Labute approximate surface area is 155 Å². The van der Waals surface area contributed by atoms with Crippen molar-refractivity contribution in [2.75, 3.05) is 30.8 Å². The lowest BCUT2D eigenvalue weighted by Gasteiger charge is -2.17. The normalized spacial score (nSPS) is 10.2. The minimum Gasteiger partial charge on any atom is -0.354 e. The highest BCUT2D eigenvalue weighted by Crippen LogP contribution is 2.29. The topological polar surface area (TPSA) is 87.2 Å². The molecule has 0 unspecified atom stereocenters. The molecule has 1 aromatic carbocycles. The molecule has 132 valence electrons. The first-order valence-electron chi connectivity index (χ1n) is 7.46. The summed E-state index contributed by atoms with van der Waals surface area (Å²) in [6, 6.07) is 6.62. The molecule has 0 fully saturated rings. The van der Waals surface area contributed by atoms with Gasteiger partial charge in [-0.1, -0.05) is 29.3 Å². The van der Waals surface area contributed by atoms with E-state index in [0.29, 0.717) is 28.2 Å². The van der Waals surface area contributed by atoms with E-state index in [-0.39, 0.29) is 24.8 Å². The van der Waals surface area contributed by atoms with Crippen LogP contribution < -0.4 is 10.6 Å². The van der Waals surface area contributed by atoms with E-state index in [1.54, 1.807) is 43.7 Å². The number of aromatic nitrogens is 2. The van der Waals surface area contributed by atoms with Crippen LogP contribution in [0, 0.1) is 0 Å². The van der Waals surface area contributed by atoms with E-state index in [9.17, 15) is 9.59 Å². The standard InChI is InChI=1S/C16H17Cl2N5O2/c1-23(14(25)6-9-21-16-19-7-3-8-20-16)10-13(24)22-15-11(17)4-2-5-12(15)18/h2-5,7-8H,6,9-10H2,1H3,(H,22,24)(H,19,20,21). The Morgan fingerprint density at radius 3 is 2.40 bits per heavy atom. The van der Waals surface area contributed by atoms with Crippen LogP contribution >= 0.6 is 23.2 Å². The van der Waals surface area contributed by atoms with E-state index < -0.39 is 0 Å². The molecule has 0 aliphatic rings. The average Bonchev–Trinajstić information content (AvgIpc) is 2.59. The number of rotatable bonds is 7. The van der Waals surface area contributed by atoms with Crippen molar-refractivity contribution >= 4 is 46.7 Å². The van der Waals surface area contributed by atoms with Crippen molar-refractivity contribution in [3.05, 3.63) is 46.7 Å². The molecule has 0 aliphatic carbocycles. The average molecular weight is 382 g/mol. The first-order valence-corrected chi connectivity index (χ1v) is 8.21. The summed E-state index contributed by atoms with van der Waals surface area (Å²) in [5.74, 6) is -0.127. The molecule has 9 heteroatoms.